The van der Waals surface area contributed by atoms with Crippen LogP contribution in [0.15, 0.2) is 35.7 Å². The van der Waals surface area contributed by atoms with Gasteiger partial charge in [-0.1, -0.05) is 57.0 Å². The molecule has 0 saturated heterocycles. The largest absolute Gasteiger partial charge is 0.448 e. The van der Waals surface area contributed by atoms with Gasteiger partial charge in [-0.25, -0.2) is 9.78 Å². The van der Waals surface area contributed by atoms with Crippen LogP contribution in [0.2, 0.25) is 0 Å². The minimum absolute atomic E-state index is 0.139. The average molecular weight is 416 g/mol. The van der Waals surface area contributed by atoms with Crippen LogP contribution in [0.5, 0.6) is 0 Å². The summed E-state index contributed by atoms with van der Waals surface area (Å²) in [6.07, 6.45) is 2.43. The number of rotatable bonds is 7. The van der Waals surface area contributed by atoms with Crippen molar-refractivity contribution in [2.24, 2.45) is 11.8 Å². The first-order chi connectivity index (χ1) is 13.9. The van der Waals surface area contributed by atoms with Crippen LogP contribution >= 0.6 is 11.3 Å². The Labute approximate surface area is 176 Å². The zero-order valence-electron chi connectivity index (χ0n) is 17.2. The van der Waals surface area contributed by atoms with E-state index < -0.39 is 12.1 Å². The fourth-order valence-electron chi connectivity index (χ4n) is 3.58. The summed E-state index contributed by atoms with van der Waals surface area (Å²) in [7, 11) is 0. The number of carbonyl (C=O) groups excluding carboxylic acids is 2. The maximum atomic E-state index is 12.5. The molecule has 4 unspecified atom stereocenters. The first-order valence-corrected chi connectivity index (χ1v) is 11.1. The first kappa shape index (κ1) is 21.3. The van der Waals surface area contributed by atoms with Crippen molar-refractivity contribution in [2.45, 2.75) is 58.7 Å². The monoisotopic (exact) mass is 415 g/mol. The summed E-state index contributed by atoms with van der Waals surface area (Å²) in [6, 6.07) is 10.1. The quantitative estimate of drug-likeness (QED) is 0.661. The second-order valence-electron chi connectivity index (χ2n) is 7.81. The van der Waals surface area contributed by atoms with Gasteiger partial charge in [0.15, 0.2) is 16.9 Å². The molecule has 2 aromatic rings. The molecule has 6 nitrogen and oxygen atoms in total. The Morgan fingerprint density at radius 3 is 2.76 bits per heavy atom. The van der Waals surface area contributed by atoms with Gasteiger partial charge in [0.05, 0.1) is 0 Å². The molecule has 2 N–H and O–H groups in total. The maximum absolute atomic E-state index is 12.5. The van der Waals surface area contributed by atoms with Crippen molar-refractivity contribution in [2.75, 3.05) is 5.32 Å². The molecule has 1 fully saturated rings. The summed E-state index contributed by atoms with van der Waals surface area (Å²) in [5.41, 5.74) is 1.34. The Morgan fingerprint density at radius 1 is 1.24 bits per heavy atom. The van der Waals surface area contributed by atoms with Crippen LogP contribution in [-0.4, -0.2) is 29.0 Å². The molecule has 1 saturated carbocycles. The third-order valence-electron chi connectivity index (χ3n) is 5.69. The molecule has 0 spiro atoms. The van der Waals surface area contributed by atoms with E-state index in [0.29, 0.717) is 23.5 Å². The number of amides is 1. The number of benzene rings is 1. The number of ether oxygens (including phenoxy) is 1. The molecule has 1 aliphatic carbocycles. The van der Waals surface area contributed by atoms with Crippen LogP contribution in [0.4, 0.5) is 5.13 Å². The lowest BCUT2D eigenvalue weighted by Crippen LogP contribution is -2.47. The molecule has 156 valence electrons. The number of aromatic nitrogens is 1. The van der Waals surface area contributed by atoms with Crippen molar-refractivity contribution in [3.8, 4) is 0 Å². The van der Waals surface area contributed by atoms with Gasteiger partial charge in [-0.2, -0.15) is 0 Å². The number of anilines is 1. The van der Waals surface area contributed by atoms with Gasteiger partial charge in [-0.15, -0.1) is 11.3 Å². The predicted molar refractivity (Wildman–Crippen MR) is 115 cm³/mol. The maximum Gasteiger partial charge on any atom is 0.358 e. The number of hydrogen-bond acceptors (Lipinski definition) is 6. The van der Waals surface area contributed by atoms with E-state index in [2.05, 4.69) is 29.5 Å². The molecule has 7 heteroatoms. The number of nitrogens with one attached hydrogen (secondary N) is 2. The second kappa shape index (κ2) is 9.87. The molecule has 4 atom stereocenters. The van der Waals surface area contributed by atoms with E-state index in [1.165, 1.54) is 17.8 Å². The fraction of sp³-hybridized carbons (Fsp3) is 0.500. The summed E-state index contributed by atoms with van der Waals surface area (Å²) in [5, 5.41) is 8.53. The number of esters is 1. The highest BCUT2D eigenvalue weighted by atomic mass is 32.1. The Hall–Kier alpha value is -2.41. The van der Waals surface area contributed by atoms with E-state index in [-0.39, 0.29) is 17.6 Å². The fourth-order valence-corrected chi connectivity index (χ4v) is 4.26. The highest BCUT2D eigenvalue weighted by Crippen LogP contribution is 2.29. The van der Waals surface area contributed by atoms with E-state index in [0.717, 1.165) is 18.4 Å². The summed E-state index contributed by atoms with van der Waals surface area (Å²) in [4.78, 5) is 29.1. The van der Waals surface area contributed by atoms with Gasteiger partial charge in [-0.3, -0.25) is 4.79 Å². The van der Waals surface area contributed by atoms with Gasteiger partial charge < -0.3 is 15.4 Å². The van der Waals surface area contributed by atoms with Gasteiger partial charge in [0, 0.05) is 18.0 Å². The standard InChI is InChI=1S/C22H29N3O3S/c1-14-8-7-11-18(15(14)2)24-20(26)16(3)28-21(27)19-13-29-22(25-19)23-12-17-9-5-4-6-10-17/h4-6,9-10,13-16,18H,7-8,11-12H2,1-3H3,(H,23,25)(H,24,26). The summed E-state index contributed by atoms with van der Waals surface area (Å²) in [6.45, 7) is 6.62. The second-order valence-corrected chi connectivity index (χ2v) is 8.67. The van der Waals surface area contributed by atoms with Gasteiger partial charge in [-0.05, 0) is 30.7 Å². The van der Waals surface area contributed by atoms with Crippen molar-refractivity contribution >= 4 is 28.3 Å². The van der Waals surface area contributed by atoms with Crippen molar-refractivity contribution in [3.63, 3.8) is 0 Å². The van der Waals surface area contributed by atoms with Gasteiger partial charge in [0.2, 0.25) is 0 Å². The zero-order valence-corrected chi connectivity index (χ0v) is 18.0. The van der Waals surface area contributed by atoms with E-state index >= 15 is 0 Å². The summed E-state index contributed by atoms with van der Waals surface area (Å²) >= 11 is 1.34. The van der Waals surface area contributed by atoms with Gasteiger partial charge in [0.1, 0.15) is 0 Å². The van der Waals surface area contributed by atoms with Crippen molar-refractivity contribution < 1.29 is 14.3 Å². The molecule has 1 amide bonds. The molecule has 1 heterocycles. The molecule has 29 heavy (non-hydrogen) atoms. The molecule has 0 radical (unpaired) electrons. The molecule has 1 aliphatic rings. The van der Waals surface area contributed by atoms with Crippen molar-refractivity contribution in [1.29, 1.82) is 0 Å². The van der Waals surface area contributed by atoms with E-state index in [1.807, 2.05) is 30.3 Å². The molecular weight excluding hydrogens is 386 g/mol. The van der Waals surface area contributed by atoms with Gasteiger partial charge >= 0.3 is 5.97 Å². The minimum Gasteiger partial charge on any atom is -0.448 e. The highest BCUT2D eigenvalue weighted by molar-refractivity contribution is 7.13. The number of hydrogen-bond donors (Lipinski definition) is 2. The summed E-state index contributed by atoms with van der Waals surface area (Å²) in [5.74, 6) is 0.180. The molecule has 1 aromatic carbocycles. The SMILES string of the molecule is CC(OC(=O)c1csc(NCc2ccccc2)n1)C(=O)NC1CCCC(C)C1C. The Bertz CT molecular complexity index is 824. The van der Waals surface area contributed by atoms with Crippen LogP contribution in [0, 0.1) is 11.8 Å². The lowest BCUT2D eigenvalue weighted by molar-refractivity contribution is -0.130. The molecule has 1 aromatic heterocycles. The van der Waals surface area contributed by atoms with Crippen LogP contribution in [0.1, 0.15) is 56.1 Å². The zero-order chi connectivity index (χ0) is 20.8. The van der Waals surface area contributed by atoms with Crippen molar-refractivity contribution in [1.82, 2.24) is 10.3 Å². The van der Waals surface area contributed by atoms with E-state index in [9.17, 15) is 9.59 Å². The number of nitrogens with zero attached hydrogens (tertiary/aromatic N) is 1. The normalized spacial score (nSPS) is 22.5. The van der Waals surface area contributed by atoms with Crippen LogP contribution in [-0.2, 0) is 16.1 Å². The molecule has 3 rings (SSSR count). The Balaban J connectivity index is 1.49. The molecular formula is C22H29N3O3S. The minimum atomic E-state index is -0.852. The summed E-state index contributed by atoms with van der Waals surface area (Å²) < 4.78 is 5.34. The average Bonchev–Trinajstić information content (AvgIpc) is 3.20. The van der Waals surface area contributed by atoms with Gasteiger partial charge in [0.25, 0.3) is 5.91 Å². The Morgan fingerprint density at radius 2 is 2.00 bits per heavy atom. The third-order valence-corrected chi connectivity index (χ3v) is 6.49. The van der Waals surface area contributed by atoms with Crippen LogP contribution in [0.25, 0.3) is 0 Å². The van der Waals surface area contributed by atoms with Crippen LogP contribution in [0.3, 0.4) is 0 Å². The highest BCUT2D eigenvalue weighted by Gasteiger charge is 2.30. The number of carbonyl (C=O) groups is 2. The topological polar surface area (TPSA) is 80.3 Å². The lowest BCUT2D eigenvalue weighted by atomic mass is 9.78. The van der Waals surface area contributed by atoms with Crippen LogP contribution < -0.4 is 10.6 Å². The lowest BCUT2D eigenvalue weighted by Gasteiger charge is -2.35. The smallest absolute Gasteiger partial charge is 0.358 e. The Kier molecular flexibility index (Phi) is 7.25. The molecule has 0 bridgehead atoms. The molecule has 0 aliphatic heterocycles. The number of thiazole rings is 1. The van der Waals surface area contributed by atoms with E-state index in [1.54, 1.807) is 12.3 Å². The first-order valence-electron chi connectivity index (χ1n) is 10.2. The van der Waals surface area contributed by atoms with E-state index in [4.69, 9.17) is 4.74 Å². The predicted octanol–water partition coefficient (Wildman–Crippen LogP) is 4.24. The van der Waals surface area contributed by atoms with Crippen molar-refractivity contribution in [3.05, 3.63) is 47.0 Å². The third kappa shape index (κ3) is 5.79.